The number of rotatable bonds is 8. The van der Waals surface area contributed by atoms with Gasteiger partial charge in [0.2, 0.25) is 0 Å². The number of hydrogen-bond acceptors (Lipinski definition) is 2. The van der Waals surface area contributed by atoms with Crippen LogP contribution in [0, 0.1) is 12.8 Å². The second kappa shape index (κ2) is 8.92. The van der Waals surface area contributed by atoms with E-state index in [1.165, 1.54) is 24.0 Å². The molecule has 1 unspecified atom stereocenters. The average molecular weight is 317 g/mol. The molecule has 0 saturated heterocycles. The Balaban J connectivity index is 1.72. The van der Waals surface area contributed by atoms with Crippen LogP contribution in [0.4, 0.5) is 0 Å². The molecule has 4 nitrogen and oxygen atoms in total. The summed E-state index contributed by atoms with van der Waals surface area (Å²) in [4.78, 5) is 6.51. The minimum absolute atomic E-state index is 0.450. The SMILES string of the molecule is CN=C(NCC(C)c1cccc(C)c1)N(C)CCOCC1CC1. The number of benzene rings is 1. The molecule has 128 valence electrons. The van der Waals surface area contributed by atoms with Crippen molar-refractivity contribution in [3.8, 4) is 0 Å². The van der Waals surface area contributed by atoms with Crippen molar-refractivity contribution in [3.63, 3.8) is 0 Å². The highest BCUT2D eigenvalue weighted by Crippen LogP contribution is 2.28. The summed E-state index contributed by atoms with van der Waals surface area (Å²) in [5.41, 5.74) is 2.67. The van der Waals surface area contributed by atoms with E-state index in [0.29, 0.717) is 5.92 Å². The lowest BCUT2D eigenvalue weighted by Gasteiger charge is -2.23. The third-order valence-electron chi connectivity index (χ3n) is 4.37. The molecule has 1 aliphatic carbocycles. The highest BCUT2D eigenvalue weighted by molar-refractivity contribution is 5.79. The van der Waals surface area contributed by atoms with E-state index in [2.05, 4.69) is 60.4 Å². The molecule has 0 radical (unpaired) electrons. The molecule has 0 amide bonds. The van der Waals surface area contributed by atoms with Gasteiger partial charge in [-0.2, -0.15) is 0 Å². The van der Waals surface area contributed by atoms with Gasteiger partial charge in [-0.05, 0) is 37.2 Å². The molecule has 23 heavy (non-hydrogen) atoms. The van der Waals surface area contributed by atoms with E-state index in [-0.39, 0.29) is 0 Å². The zero-order valence-corrected chi connectivity index (χ0v) is 15.0. The van der Waals surface area contributed by atoms with Crippen LogP contribution < -0.4 is 5.32 Å². The molecule has 1 atom stereocenters. The van der Waals surface area contributed by atoms with E-state index >= 15 is 0 Å². The highest BCUT2D eigenvalue weighted by atomic mass is 16.5. The van der Waals surface area contributed by atoms with Crippen molar-refractivity contribution in [2.75, 3.05) is 40.4 Å². The minimum Gasteiger partial charge on any atom is -0.379 e. The van der Waals surface area contributed by atoms with Gasteiger partial charge in [0.15, 0.2) is 5.96 Å². The fourth-order valence-electron chi connectivity index (χ4n) is 2.57. The Kier molecular flexibility index (Phi) is 6.90. The lowest BCUT2D eigenvalue weighted by molar-refractivity contribution is 0.115. The fraction of sp³-hybridized carbons (Fsp3) is 0.632. The first kappa shape index (κ1) is 17.8. The molecule has 4 heteroatoms. The van der Waals surface area contributed by atoms with Crippen molar-refractivity contribution in [1.82, 2.24) is 10.2 Å². The summed E-state index contributed by atoms with van der Waals surface area (Å²) >= 11 is 0. The predicted molar refractivity (Wildman–Crippen MR) is 97.1 cm³/mol. The molecule has 1 N–H and O–H groups in total. The van der Waals surface area contributed by atoms with E-state index in [1.807, 2.05) is 7.05 Å². The zero-order valence-electron chi connectivity index (χ0n) is 15.0. The van der Waals surface area contributed by atoms with Gasteiger partial charge in [-0.15, -0.1) is 0 Å². The monoisotopic (exact) mass is 317 g/mol. The summed E-state index contributed by atoms with van der Waals surface area (Å²) < 4.78 is 5.71. The van der Waals surface area contributed by atoms with Crippen LogP contribution in [0.25, 0.3) is 0 Å². The standard InChI is InChI=1S/C19H31N3O/c1-15-6-5-7-18(12-15)16(2)13-21-19(20-3)22(4)10-11-23-14-17-8-9-17/h5-7,12,16-17H,8-11,13-14H2,1-4H3,(H,20,21). The average Bonchev–Trinajstić information content (AvgIpc) is 3.36. The molecule has 0 bridgehead atoms. The van der Waals surface area contributed by atoms with E-state index < -0.39 is 0 Å². The van der Waals surface area contributed by atoms with Crippen LogP contribution in [0.3, 0.4) is 0 Å². The van der Waals surface area contributed by atoms with Gasteiger partial charge in [-0.3, -0.25) is 4.99 Å². The largest absolute Gasteiger partial charge is 0.379 e. The summed E-state index contributed by atoms with van der Waals surface area (Å²) in [6.45, 7) is 7.81. The molecule has 1 fully saturated rings. The second-order valence-electron chi connectivity index (χ2n) is 6.68. The lowest BCUT2D eigenvalue weighted by Crippen LogP contribution is -2.41. The molecule has 2 rings (SSSR count). The first-order valence-electron chi connectivity index (χ1n) is 8.66. The van der Waals surface area contributed by atoms with Gasteiger partial charge in [0, 0.05) is 33.8 Å². The molecular formula is C19H31N3O. The third-order valence-corrected chi connectivity index (χ3v) is 4.37. The Morgan fingerprint density at radius 3 is 2.87 bits per heavy atom. The Morgan fingerprint density at radius 2 is 2.22 bits per heavy atom. The van der Waals surface area contributed by atoms with Crippen molar-refractivity contribution in [1.29, 1.82) is 0 Å². The van der Waals surface area contributed by atoms with Crippen LogP contribution in [0.15, 0.2) is 29.3 Å². The Bertz CT molecular complexity index is 511. The number of aliphatic imine (C=N–C) groups is 1. The van der Waals surface area contributed by atoms with Gasteiger partial charge >= 0.3 is 0 Å². The van der Waals surface area contributed by atoms with Crippen molar-refractivity contribution in [2.24, 2.45) is 10.9 Å². The molecule has 0 heterocycles. The molecule has 0 spiro atoms. The number of guanidine groups is 1. The highest BCUT2D eigenvalue weighted by Gasteiger charge is 2.21. The maximum atomic E-state index is 5.71. The van der Waals surface area contributed by atoms with Crippen LogP contribution >= 0.6 is 0 Å². The fourth-order valence-corrected chi connectivity index (χ4v) is 2.57. The molecule has 1 aromatic carbocycles. The maximum absolute atomic E-state index is 5.71. The van der Waals surface area contributed by atoms with Crippen molar-refractivity contribution in [2.45, 2.75) is 32.6 Å². The van der Waals surface area contributed by atoms with Gasteiger partial charge in [-0.1, -0.05) is 36.8 Å². The summed E-state index contributed by atoms with van der Waals surface area (Å²) in [5.74, 6) is 2.21. The van der Waals surface area contributed by atoms with E-state index in [4.69, 9.17) is 4.74 Å². The van der Waals surface area contributed by atoms with E-state index in [9.17, 15) is 0 Å². The summed E-state index contributed by atoms with van der Waals surface area (Å²) in [7, 11) is 3.90. The second-order valence-corrected chi connectivity index (χ2v) is 6.68. The number of likely N-dealkylation sites (N-methyl/N-ethyl adjacent to an activating group) is 1. The van der Waals surface area contributed by atoms with Crippen molar-refractivity contribution < 1.29 is 4.74 Å². The van der Waals surface area contributed by atoms with Crippen molar-refractivity contribution >= 4 is 5.96 Å². The normalized spacial score (nSPS) is 16.3. The van der Waals surface area contributed by atoms with Crippen LogP contribution in [0.1, 0.15) is 36.8 Å². The number of ether oxygens (including phenoxy) is 1. The van der Waals surface area contributed by atoms with E-state index in [0.717, 1.165) is 38.2 Å². The van der Waals surface area contributed by atoms with Gasteiger partial charge in [0.25, 0.3) is 0 Å². The minimum atomic E-state index is 0.450. The first-order chi connectivity index (χ1) is 11.1. The molecule has 1 aliphatic rings. The van der Waals surface area contributed by atoms with Gasteiger partial charge in [0.05, 0.1) is 6.61 Å². The van der Waals surface area contributed by atoms with E-state index in [1.54, 1.807) is 0 Å². The maximum Gasteiger partial charge on any atom is 0.193 e. The molecule has 1 aromatic rings. The Morgan fingerprint density at radius 1 is 1.43 bits per heavy atom. The number of aryl methyl sites for hydroxylation is 1. The van der Waals surface area contributed by atoms with Gasteiger partial charge in [-0.25, -0.2) is 0 Å². The van der Waals surface area contributed by atoms with Crippen LogP contribution in [0.2, 0.25) is 0 Å². The number of hydrogen-bond donors (Lipinski definition) is 1. The number of nitrogens with zero attached hydrogens (tertiary/aromatic N) is 2. The summed E-state index contributed by atoms with van der Waals surface area (Å²) in [6.07, 6.45) is 2.69. The Hall–Kier alpha value is -1.55. The first-order valence-corrected chi connectivity index (χ1v) is 8.66. The molecule has 0 aromatic heterocycles. The Labute approximate surface area is 140 Å². The van der Waals surface area contributed by atoms with Crippen molar-refractivity contribution in [3.05, 3.63) is 35.4 Å². The lowest BCUT2D eigenvalue weighted by atomic mass is 9.99. The summed E-state index contributed by atoms with van der Waals surface area (Å²) in [5, 5.41) is 3.47. The van der Waals surface area contributed by atoms with Gasteiger partial charge < -0.3 is 15.0 Å². The number of nitrogens with one attached hydrogen (secondary N) is 1. The summed E-state index contributed by atoms with van der Waals surface area (Å²) in [6, 6.07) is 8.71. The topological polar surface area (TPSA) is 36.9 Å². The van der Waals surface area contributed by atoms with Crippen LogP contribution in [-0.2, 0) is 4.74 Å². The van der Waals surface area contributed by atoms with Crippen LogP contribution in [0.5, 0.6) is 0 Å². The van der Waals surface area contributed by atoms with Gasteiger partial charge in [0.1, 0.15) is 0 Å². The third kappa shape index (κ3) is 6.22. The smallest absolute Gasteiger partial charge is 0.193 e. The van der Waals surface area contributed by atoms with Crippen LogP contribution in [-0.4, -0.2) is 51.3 Å². The predicted octanol–water partition coefficient (Wildman–Crippen LogP) is 3.03. The molecule has 1 saturated carbocycles. The quantitative estimate of drug-likeness (QED) is 0.455. The zero-order chi connectivity index (χ0) is 16.7. The molecule has 0 aliphatic heterocycles. The molecular weight excluding hydrogens is 286 g/mol.